The second kappa shape index (κ2) is 9.72. The molecule has 2 N–H and O–H groups in total. The van der Waals surface area contributed by atoms with Crippen molar-refractivity contribution in [1.29, 1.82) is 0 Å². The maximum absolute atomic E-state index is 5.56. The van der Waals surface area contributed by atoms with Gasteiger partial charge in [0.2, 0.25) is 0 Å². The van der Waals surface area contributed by atoms with Gasteiger partial charge in [-0.05, 0) is 26.0 Å². The van der Waals surface area contributed by atoms with Crippen molar-refractivity contribution in [3.8, 4) is 0 Å². The van der Waals surface area contributed by atoms with Gasteiger partial charge in [0.1, 0.15) is 0 Å². The van der Waals surface area contributed by atoms with E-state index >= 15 is 0 Å². The minimum atomic E-state index is 0.470. The molecule has 0 aliphatic carbocycles. The molecule has 1 aromatic heterocycles. The molecular formula is C14H25N3O2. The van der Waals surface area contributed by atoms with Gasteiger partial charge in [-0.3, -0.25) is 4.98 Å². The van der Waals surface area contributed by atoms with Crippen LogP contribution in [0.1, 0.15) is 19.5 Å². The van der Waals surface area contributed by atoms with Crippen molar-refractivity contribution in [2.45, 2.75) is 20.4 Å². The number of aromatic nitrogens is 1. The Morgan fingerprint density at radius 3 is 2.16 bits per heavy atom. The number of nitrogens with zero attached hydrogens (tertiary/aromatic N) is 2. The molecule has 108 valence electrons. The van der Waals surface area contributed by atoms with E-state index in [2.05, 4.69) is 9.88 Å². The second-order valence-electron chi connectivity index (χ2n) is 4.09. The summed E-state index contributed by atoms with van der Waals surface area (Å²) in [5.74, 6) is 0. The lowest BCUT2D eigenvalue weighted by atomic mass is 10.3. The number of ether oxygens (including phenoxy) is 2. The monoisotopic (exact) mass is 267 g/mol. The van der Waals surface area contributed by atoms with E-state index in [1.807, 2.05) is 32.2 Å². The molecule has 0 aliphatic heterocycles. The van der Waals surface area contributed by atoms with Crippen LogP contribution in [0.5, 0.6) is 0 Å². The van der Waals surface area contributed by atoms with Crippen molar-refractivity contribution >= 4 is 5.69 Å². The molecule has 0 radical (unpaired) electrons. The van der Waals surface area contributed by atoms with E-state index in [-0.39, 0.29) is 0 Å². The molecular weight excluding hydrogens is 242 g/mol. The van der Waals surface area contributed by atoms with Crippen LogP contribution in [0.15, 0.2) is 18.3 Å². The van der Waals surface area contributed by atoms with Crippen molar-refractivity contribution in [1.82, 2.24) is 4.98 Å². The van der Waals surface area contributed by atoms with E-state index in [0.29, 0.717) is 19.8 Å². The molecule has 0 unspecified atom stereocenters. The van der Waals surface area contributed by atoms with E-state index in [1.165, 1.54) is 0 Å². The molecule has 0 bridgehead atoms. The zero-order valence-electron chi connectivity index (χ0n) is 12.0. The first kappa shape index (κ1) is 15.9. The number of nitrogens with two attached hydrogens (primary N) is 1. The highest BCUT2D eigenvalue weighted by Gasteiger charge is 2.07. The van der Waals surface area contributed by atoms with Crippen LogP contribution in [-0.4, -0.2) is 44.5 Å². The van der Waals surface area contributed by atoms with E-state index in [4.69, 9.17) is 15.2 Å². The van der Waals surface area contributed by atoms with E-state index < -0.39 is 0 Å². The molecule has 1 aromatic rings. The summed E-state index contributed by atoms with van der Waals surface area (Å²) in [5, 5.41) is 0. The van der Waals surface area contributed by atoms with Gasteiger partial charge in [-0.1, -0.05) is 0 Å². The maximum atomic E-state index is 5.56. The van der Waals surface area contributed by atoms with Gasteiger partial charge < -0.3 is 20.1 Å². The summed E-state index contributed by atoms with van der Waals surface area (Å²) in [5.41, 5.74) is 7.54. The lowest BCUT2D eigenvalue weighted by Gasteiger charge is -2.24. The normalized spacial score (nSPS) is 10.7. The van der Waals surface area contributed by atoms with E-state index in [9.17, 15) is 0 Å². The smallest absolute Gasteiger partial charge is 0.0641 e. The number of hydrogen-bond acceptors (Lipinski definition) is 5. The minimum absolute atomic E-state index is 0.470. The van der Waals surface area contributed by atoms with Crippen LogP contribution in [-0.2, 0) is 16.0 Å². The van der Waals surface area contributed by atoms with Crippen LogP contribution in [0.4, 0.5) is 5.69 Å². The first-order valence-electron chi connectivity index (χ1n) is 6.87. The summed E-state index contributed by atoms with van der Waals surface area (Å²) in [4.78, 5) is 6.55. The van der Waals surface area contributed by atoms with Gasteiger partial charge in [0.05, 0.1) is 30.8 Å². The molecule has 0 saturated carbocycles. The third-order valence-corrected chi connectivity index (χ3v) is 2.80. The van der Waals surface area contributed by atoms with Gasteiger partial charge in [0, 0.05) is 32.8 Å². The Bertz CT molecular complexity index is 320. The van der Waals surface area contributed by atoms with E-state index in [0.717, 1.165) is 37.7 Å². The Morgan fingerprint density at radius 2 is 1.74 bits per heavy atom. The highest BCUT2D eigenvalue weighted by Crippen LogP contribution is 2.12. The Balaban J connectivity index is 2.58. The lowest BCUT2D eigenvalue weighted by Crippen LogP contribution is -2.31. The van der Waals surface area contributed by atoms with Gasteiger partial charge in [0.15, 0.2) is 0 Å². The fourth-order valence-corrected chi connectivity index (χ4v) is 1.73. The fourth-order valence-electron chi connectivity index (χ4n) is 1.73. The first-order valence-corrected chi connectivity index (χ1v) is 6.87. The quantitative estimate of drug-likeness (QED) is 0.650. The SMILES string of the molecule is CCOCCN(CCOCC)c1ccc(CN)nc1. The van der Waals surface area contributed by atoms with Crippen LogP contribution in [0.2, 0.25) is 0 Å². The van der Waals surface area contributed by atoms with Gasteiger partial charge in [-0.2, -0.15) is 0 Å². The van der Waals surface area contributed by atoms with Crippen molar-refractivity contribution in [2.24, 2.45) is 5.73 Å². The highest BCUT2D eigenvalue weighted by atomic mass is 16.5. The topological polar surface area (TPSA) is 60.6 Å². The summed E-state index contributed by atoms with van der Waals surface area (Å²) in [6.45, 7) is 9.05. The van der Waals surface area contributed by atoms with Crippen LogP contribution < -0.4 is 10.6 Å². The molecule has 0 atom stereocenters. The molecule has 0 spiro atoms. The molecule has 1 heterocycles. The van der Waals surface area contributed by atoms with Gasteiger partial charge >= 0.3 is 0 Å². The third-order valence-electron chi connectivity index (χ3n) is 2.80. The Labute approximate surface area is 115 Å². The van der Waals surface area contributed by atoms with Crippen LogP contribution in [0.3, 0.4) is 0 Å². The van der Waals surface area contributed by atoms with Crippen molar-refractivity contribution in [2.75, 3.05) is 44.4 Å². The molecule has 0 aliphatic rings. The molecule has 0 saturated heterocycles. The number of anilines is 1. The lowest BCUT2D eigenvalue weighted by molar-refractivity contribution is 0.141. The number of pyridine rings is 1. The molecule has 1 rings (SSSR count). The average molecular weight is 267 g/mol. The standard InChI is InChI=1S/C14H25N3O2/c1-3-18-9-7-17(8-10-19-4-2)14-6-5-13(11-15)16-12-14/h5-6,12H,3-4,7-11,15H2,1-2H3. The Hall–Kier alpha value is -1.17. The van der Waals surface area contributed by atoms with Gasteiger partial charge in [0.25, 0.3) is 0 Å². The first-order chi connectivity index (χ1) is 9.31. The van der Waals surface area contributed by atoms with Crippen molar-refractivity contribution < 1.29 is 9.47 Å². The molecule has 0 aromatic carbocycles. The summed E-state index contributed by atoms with van der Waals surface area (Å²) >= 11 is 0. The van der Waals surface area contributed by atoms with Crippen molar-refractivity contribution in [3.63, 3.8) is 0 Å². The largest absolute Gasteiger partial charge is 0.380 e. The molecule has 5 nitrogen and oxygen atoms in total. The van der Waals surface area contributed by atoms with Crippen LogP contribution >= 0.6 is 0 Å². The van der Waals surface area contributed by atoms with Crippen molar-refractivity contribution in [3.05, 3.63) is 24.0 Å². The summed E-state index contributed by atoms with van der Waals surface area (Å²) in [6.07, 6.45) is 1.86. The third kappa shape index (κ3) is 6.00. The fraction of sp³-hybridized carbons (Fsp3) is 0.643. The summed E-state index contributed by atoms with van der Waals surface area (Å²) in [7, 11) is 0. The van der Waals surface area contributed by atoms with E-state index in [1.54, 1.807) is 0 Å². The van der Waals surface area contributed by atoms with Gasteiger partial charge in [-0.25, -0.2) is 0 Å². The summed E-state index contributed by atoms with van der Waals surface area (Å²) in [6, 6.07) is 4.01. The highest BCUT2D eigenvalue weighted by molar-refractivity contribution is 5.44. The molecule has 19 heavy (non-hydrogen) atoms. The second-order valence-corrected chi connectivity index (χ2v) is 4.09. The number of hydrogen-bond donors (Lipinski definition) is 1. The minimum Gasteiger partial charge on any atom is -0.380 e. The maximum Gasteiger partial charge on any atom is 0.0641 e. The predicted octanol–water partition coefficient (Wildman–Crippen LogP) is 1.42. The van der Waals surface area contributed by atoms with Crippen LogP contribution in [0.25, 0.3) is 0 Å². The predicted molar refractivity (Wildman–Crippen MR) is 77.3 cm³/mol. The summed E-state index contributed by atoms with van der Waals surface area (Å²) < 4.78 is 10.8. The Morgan fingerprint density at radius 1 is 1.11 bits per heavy atom. The molecule has 0 amide bonds. The number of rotatable bonds is 10. The average Bonchev–Trinajstić information content (AvgIpc) is 2.46. The Kier molecular flexibility index (Phi) is 8.13. The zero-order valence-corrected chi connectivity index (χ0v) is 12.0. The molecule has 5 heteroatoms. The van der Waals surface area contributed by atoms with Crippen LogP contribution in [0, 0.1) is 0 Å². The van der Waals surface area contributed by atoms with Gasteiger partial charge in [-0.15, -0.1) is 0 Å². The molecule has 0 fully saturated rings. The zero-order chi connectivity index (χ0) is 13.9.